The van der Waals surface area contributed by atoms with Gasteiger partial charge in [-0.2, -0.15) is 0 Å². The van der Waals surface area contributed by atoms with Gasteiger partial charge in [-0.15, -0.1) is 0 Å². The summed E-state index contributed by atoms with van der Waals surface area (Å²) in [5.74, 6) is 0.0389. The molecule has 0 aromatic heterocycles. The number of rotatable bonds is 3. The molecule has 16 heavy (non-hydrogen) atoms. The Morgan fingerprint density at radius 2 is 2.38 bits per heavy atom. The molecule has 1 unspecified atom stereocenters. The summed E-state index contributed by atoms with van der Waals surface area (Å²) in [5.41, 5.74) is 0.658. The van der Waals surface area contributed by atoms with Crippen molar-refractivity contribution >= 4 is 11.6 Å². The van der Waals surface area contributed by atoms with E-state index in [1.54, 1.807) is 12.1 Å². The lowest BCUT2D eigenvalue weighted by atomic mass is 10.0. The van der Waals surface area contributed by atoms with Gasteiger partial charge in [0.25, 0.3) is 0 Å². The van der Waals surface area contributed by atoms with Crippen LogP contribution in [-0.4, -0.2) is 19.7 Å². The highest BCUT2D eigenvalue weighted by Gasteiger charge is 2.18. The molecule has 1 saturated heterocycles. The molecule has 1 aromatic carbocycles. The van der Waals surface area contributed by atoms with Crippen molar-refractivity contribution in [1.82, 2.24) is 5.32 Å². The molecule has 1 atom stereocenters. The fraction of sp³-hybridized carbons (Fsp3) is 0.500. The van der Waals surface area contributed by atoms with Crippen LogP contribution < -0.4 is 10.1 Å². The monoisotopic (exact) mass is 243 g/mol. The third-order valence-electron chi connectivity index (χ3n) is 2.98. The minimum Gasteiger partial charge on any atom is -0.495 e. The van der Waals surface area contributed by atoms with E-state index in [0.717, 1.165) is 19.4 Å². The minimum atomic E-state index is -0.352. The first-order valence-corrected chi connectivity index (χ1v) is 5.84. The van der Waals surface area contributed by atoms with Crippen molar-refractivity contribution in [2.24, 2.45) is 0 Å². The van der Waals surface area contributed by atoms with Gasteiger partial charge in [0.2, 0.25) is 0 Å². The van der Waals surface area contributed by atoms with Gasteiger partial charge in [0.05, 0.1) is 7.11 Å². The number of benzene rings is 1. The van der Waals surface area contributed by atoms with Crippen LogP contribution in [-0.2, 0) is 6.42 Å². The molecular formula is C12H15ClFNO. The molecule has 0 amide bonds. The quantitative estimate of drug-likeness (QED) is 0.882. The lowest BCUT2D eigenvalue weighted by molar-refractivity contribution is 0.410. The fourth-order valence-corrected chi connectivity index (χ4v) is 2.34. The second-order valence-electron chi connectivity index (χ2n) is 4.05. The summed E-state index contributed by atoms with van der Waals surface area (Å²) in [6.07, 6.45) is 2.95. The average molecular weight is 244 g/mol. The van der Waals surface area contributed by atoms with Crippen molar-refractivity contribution in [2.75, 3.05) is 13.7 Å². The van der Waals surface area contributed by atoms with Crippen molar-refractivity contribution in [3.8, 4) is 5.75 Å². The van der Waals surface area contributed by atoms with Gasteiger partial charge in [-0.25, -0.2) is 4.39 Å². The first kappa shape index (κ1) is 11.7. The summed E-state index contributed by atoms with van der Waals surface area (Å²) in [5, 5.41) is 3.42. The standard InChI is InChI=1S/C12H15ClFNO/c1-16-10-5-4-8(12(14)11(10)13)7-9-3-2-6-15-9/h4-5,9,15H,2-3,6-7H2,1H3. The number of hydrogen-bond acceptors (Lipinski definition) is 2. The maximum Gasteiger partial charge on any atom is 0.148 e. The molecule has 0 radical (unpaired) electrons. The van der Waals surface area contributed by atoms with E-state index in [1.807, 2.05) is 0 Å². The maximum absolute atomic E-state index is 13.9. The predicted molar refractivity (Wildman–Crippen MR) is 62.7 cm³/mol. The molecule has 2 rings (SSSR count). The van der Waals surface area contributed by atoms with Crippen LogP contribution in [0, 0.1) is 5.82 Å². The molecule has 0 spiro atoms. The predicted octanol–water partition coefficient (Wildman–Crippen LogP) is 2.78. The first-order chi connectivity index (χ1) is 7.72. The van der Waals surface area contributed by atoms with Crippen LogP contribution in [0.5, 0.6) is 5.75 Å². The summed E-state index contributed by atoms with van der Waals surface area (Å²) in [7, 11) is 1.48. The second kappa shape index (κ2) is 5.02. The fourth-order valence-electron chi connectivity index (χ4n) is 2.08. The molecule has 0 aliphatic carbocycles. The van der Waals surface area contributed by atoms with Crippen LogP contribution in [0.1, 0.15) is 18.4 Å². The number of halogens is 2. The van der Waals surface area contributed by atoms with E-state index >= 15 is 0 Å². The van der Waals surface area contributed by atoms with Gasteiger partial charge in [-0.05, 0) is 37.4 Å². The second-order valence-corrected chi connectivity index (χ2v) is 4.43. The SMILES string of the molecule is COc1ccc(CC2CCCN2)c(F)c1Cl. The Morgan fingerprint density at radius 1 is 1.56 bits per heavy atom. The zero-order valence-electron chi connectivity index (χ0n) is 9.22. The number of ether oxygens (including phenoxy) is 1. The van der Waals surface area contributed by atoms with Crippen LogP contribution in [0.15, 0.2) is 12.1 Å². The molecule has 0 bridgehead atoms. The van der Waals surface area contributed by atoms with Crippen LogP contribution in [0.2, 0.25) is 5.02 Å². The Balaban J connectivity index is 2.18. The molecule has 1 aromatic rings. The van der Waals surface area contributed by atoms with E-state index in [2.05, 4.69) is 5.32 Å². The Bertz CT molecular complexity index is 378. The van der Waals surface area contributed by atoms with E-state index in [1.165, 1.54) is 7.11 Å². The van der Waals surface area contributed by atoms with Gasteiger partial charge in [0.15, 0.2) is 0 Å². The summed E-state index contributed by atoms with van der Waals surface area (Å²) < 4.78 is 18.8. The molecule has 4 heteroatoms. The summed E-state index contributed by atoms with van der Waals surface area (Å²) >= 11 is 5.86. The summed E-state index contributed by atoms with van der Waals surface area (Å²) in [4.78, 5) is 0. The van der Waals surface area contributed by atoms with Crippen molar-refractivity contribution in [3.63, 3.8) is 0 Å². The van der Waals surface area contributed by atoms with Crippen LogP contribution in [0.3, 0.4) is 0 Å². The Labute approximate surface area is 99.7 Å². The molecule has 88 valence electrons. The zero-order valence-corrected chi connectivity index (χ0v) is 9.98. The van der Waals surface area contributed by atoms with Gasteiger partial charge in [0, 0.05) is 6.04 Å². The third kappa shape index (κ3) is 2.30. The summed E-state index contributed by atoms with van der Waals surface area (Å²) in [6.45, 7) is 1.02. The lowest BCUT2D eigenvalue weighted by Crippen LogP contribution is -2.24. The van der Waals surface area contributed by atoms with E-state index in [9.17, 15) is 4.39 Å². The summed E-state index contributed by atoms with van der Waals surface area (Å²) in [6, 6.07) is 3.84. The third-order valence-corrected chi connectivity index (χ3v) is 3.33. The minimum absolute atomic E-state index is 0.0815. The van der Waals surface area contributed by atoms with Crippen molar-refractivity contribution in [2.45, 2.75) is 25.3 Å². The molecule has 1 aliphatic rings. The van der Waals surface area contributed by atoms with Crippen molar-refractivity contribution < 1.29 is 9.13 Å². The number of nitrogens with one attached hydrogen (secondary N) is 1. The van der Waals surface area contributed by atoms with Gasteiger partial charge >= 0.3 is 0 Å². The van der Waals surface area contributed by atoms with E-state index < -0.39 is 0 Å². The van der Waals surface area contributed by atoms with Crippen molar-refractivity contribution in [3.05, 3.63) is 28.5 Å². The molecule has 1 N–H and O–H groups in total. The highest BCUT2D eigenvalue weighted by Crippen LogP contribution is 2.30. The van der Waals surface area contributed by atoms with E-state index in [4.69, 9.17) is 16.3 Å². The van der Waals surface area contributed by atoms with E-state index in [0.29, 0.717) is 23.8 Å². The molecular weight excluding hydrogens is 229 g/mol. The maximum atomic E-state index is 13.9. The number of methoxy groups -OCH3 is 1. The van der Waals surface area contributed by atoms with Crippen LogP contribution >= 0.6 is 11.6 Å². The lowest BCUT2D eigenvalue weighted by Gasteiger charge is -2.12. The van der Waals surface area contributed by atoms with Gasteiger partial charge in [-0.3, -0.25) is 0 Å². The van der Waals surface area contributed by atoms with E-state index in [-0.39, 0.29) is 10.8 Å². The highest BCUT2D eigenvalue weighted by atomic mass is 35.5. The first-order valence-electron chi connectivity index (χ1n) is 5.46. The number of hydrogen-bond donors (Lipinski definition) is 1. The molecule has 1 aliphatic heterocycles. The molecule has 0 saturated carbocycles. The van der Waals surface area contributed by atoms with Crippen LogP contribution in [0.4, 0.5) is 4.39 Å². The normalized spacial score (nSPS) is 20.1. The van der Waals surface area contributed by atoms with Crippen LogP contribution in [0.25, 0.3) is 0 Å². The smallest absolute Gasteiger partial charge is 0.148 e. The largest absolute Gasteiger partial charge is 0.495 e. The Kier molecular flexibility index (Phi) is 3.66. The molecule has 1 heterocycles. The highest BCUT2D eigenvalue weighted by molar-refractivity contribution is 6.32. The zero-order chi connectivity index (χ0) is 11.5. The molecule has 1 fully saturated rings. The van der Waals surface area contributed by atoms with Gasteiger partial charge in [0.1, 0.15) is 16.6 Å². The molecule has 2 nitrogen and oxygen atoms in total. The Hall–Kier alpha value is -0.800. The average Bonchev–Trinajstić information content (AvgIpc) is 2.78. The van der Waals surface area contributed by atoms with Crippen molar-refractivity contribution in [1.29, 1.82) is 0 Å². The Morgan fingerprint density at radius 3 is 3.00 bits per heavy atom. The topological polar surface area (TPSA) is 21.3 Å². The van der Waals surface area contributed by atoms with Gasteiger partial charge < -0.3 is 10.1 Å². The van der Waals surface area contributed by atoms with Gasteiger partial charge in [-0.1, -0.05) is 17.7 Å².